The van der Waals surface area contributed by atoms with Crippen LogP contribution in [0.1, 0.15) is 65.0 Å². The zero-order chi connectivity index (χ0) is 29.4. The van der Waals surface area contributed by atoms with Crippen molar-refractivity contribution in [2.45, 2.75) is 58.0 Å². The van der Waals surface area contributed by atoms with Crippen molar-refractivity contribution >= 4 is 40.9 Å². The van der Waals surface area contributed by atoms with E-state index in [2.05, 4.69) is 12.2 Å². The molecule has 6 nitrogen and oxygen atoms in total. The van der Waals surface area contributed by atoms with Gasteiger partial charge in [-0.3, -0.25) is 14.4 Å². The number of nitrogens with one attached hydrogen (secondary N) is 1. The molecule has 3 amide bonds. The lowest BCUT2D eigenvalue weighted by Gasteiger charge is -2.41. The van der Waals surface area contributed by atoms with Gasteiger partial charge in [0.1, 0.15) is 6.04 Å². The van der Waals surface area contributed by atoms with E-state index < -0.39 is 6.04 Å². The fraction of sp³-hybridized carbons (Fsp3) is 0.364. The fourth-order valence-electron chi connectivity index (χ4n) is 5.19. The van der Waals surface area contributed by atoms with Crippen LogP contribution in [0.3, 0.4) is 0 Å². The summed E-state index contributed by atoms with van der Waals surface area (Å²) >= 11 is 12.3. The second-order valence-electron chi connectivity index (χ2n) is 10.6. The molecule has 3 aromatic rings. The predicted octanol–water partition coefficient (Wildman–Crippen LogP) is 6.44. The highest BCUT2D eigenvalue weighted by Gasteiger charge is 2.34. The van der Waals surface area contributed by atoms with Crippen LogP contribution in [0, 0.1) is 0 Å². The van der Waals surface area contributed by atoms with Crippen LogP contribution in [0.2, 0.25) is 10.0 Å². The van der Waals surface area contributed by atoms with Crippen LogP contribution < -0.4 is 5.32 Å². The number of halogens is 2. The predicted molar refractivity (Wildman–Crippen MR) is 165 cm³/mol. The van der Waals surface area contributed by atoms with Gasteiger partial charge in [-0.05, 0) is 61.2 Å². The molecule has 0 aromatic heterocycles. The third-order valence-electron chi connectivity index (χ3n) is 7.53. The molecule has 0 radical (unpaired) electrons. The Kier molecular flexibility index (Phi) is 10.8. The maximum Gasteiger partial charge on any atom is 0.255 e. The molecule has 0 bridgehead atoms. The Morgan fingerprint density at radius 3 is 2.32 bits per heavy atom. The highest BCUT2D eigenvalue weighted by molar-refractivity contribution is 6.36. The van der Waals surface area contributed by atoms with E-state index in [0.29, 0.717) is 47.2 Å². The maximum atomic E-state index is 13.8. The SMILES string of the molecule is CCCCCc1ccc(C(=O)NC(Cc2ccccc2)C(=O)N2CCN(C(=O)c3ccc(Cl)cc3Cl)C(C)C2)cc1. The van der Waals surface area contributed by atoms with E-state index in [-0.39, 0.29) is 23.8 Å². The lowest BCUT2D eigenvalue weighted by atomic mass is 10.0. The van der Waals surface area contributed by atoms with Crippen LogP contribution in [0.4, 0.5) is 0 Å². The number of hydrogen-bond acceptors (Lipinski definition) is 3. The van der Waals surface area contributed by atoms with Crippen molar-refractivity contribution < 1.29 is 14.4 Å². The van der Waals surface area contributed by atoms with E-state index in [1.807, 2.05) is 61.5 Å². The second-order valence-corrected chi connectivity index (χ2v) is 11.5. The number of carbonyl (C=O) groups excluding carboxylic acids is 3. The van der Waals surface area contributed by atoms with Crippen molar-refractivity contribution in [3.8, 4) is 0 Å². The van der Waals surface area contributed by atoms with Crippen LogP contribution >= 0.6 is 23.2 Å². The Balaban J connectivity index is 1.45. The third kappa shape index (κ3) is 8.11. The first kappa shape index (κ1) is 30.6. The first-order valence-corrected chi connectivity index (χ1v) is 15.0. The van der Waals surface area contributed by atoms with Gasteiger partial charge in [-0.15, -0.1) is 0 Å². The summed E-state index contributed by atoms with van der Waals surface area (Å²) in [5.41, 5.74) is 3.07. The Morgan fingerprint density at radius 2 is 1.66 bits per heavy atom. The molecule has 8 heteroatoms. The van der Waals surface area contributed by atoms with E-state index >= 15 is 0 Å². The molecule has 1 N–H and O–H groups in total. The molecule has 0 saturated carbocycles. The molecule has 1 saturated heterocycles. The summed E-state index contributed by atoms with van der Waals surface area (Å²) in [6, 6.07) is 21.1. The van der Waals surface area contributed by atoms with Gasteiger partial charge in [0, 0.05) is 42.7 Å². The lowest BCUT2D eigenvalue weighted by molar-refractivity contribution is -0.135. The first-order chi connectivity index (χ1) is 19.8. The molecule has 1 aliphatic rings. The number of hydrogen-bond donors (Lipinski definition) is 1. The maximum absolute atomic E-state index is 13.8. The van der Waals surface area contributed by atoms with E-state index in [4.69, 9.17) is 23.2 Å². The number of amides is 3. The van der Waals surface area contributed by atoms with Gasteiger partial charge in [0.25, 0.3) is 11.8 Å². The number of unbranched alkanes of at least 4 members (excludes halogenated alkanes) is 2. The number of rotatable bonds is 10. The first-order valence-electron chi connectivity index (χ1n) is 14.2. The molecule has 1 fully saturated rings. The number of piperazine rings is 1. The number of carbonyl (C=O) groups is 3. The van der Waals surface area contributed by atoms with Crippen LogP contribution in [-0.4, -0.2) is 59.2 Å². The van der Waals surface area contributed by atoms with Crippen LogP contribution in [0.15, 0.2) is 72.8 Å². The largest absolute Gasteiger partial charge is 0.340 e. The summed E-state index contributed by atoms with van der Waals surface area (Å²) in [6.45, 7) is 5.15. The molecule has 216 valence electrons. The highest BCUT2D eigenvalue weighted by atomic mass is 35.5. The average molecular weight is 595 g/mol. The Hall–Kier alpha value is -3.35. The summed E-state index contributed by atoms with van der Waals surface area (Å²) in [6.07, 6.45) is 4.83. The quantitative estimate of drug-likeness (QED) is 0.275. The smallest absolute Gasteiger partial charge is 0.255 e. The summed E-state index contributed by atoms with van der Waals surface area (Å²) in [4.78, 5) is 43.8. The van der Waals surface area contributed by atoms with Crippen molar-refractivity contribution in [1.29, 1.82) is 0 Å². The molecule has 0 aliphatic carbocycles. The van der Waals surface area contributed by atoms with E-state index in [9.17, 15) is 14.4 Å². The number of nitrogens with zero attached hydrogens (tertiary/aromatic N) is 2. The minimum atomic E-state index is -0.741. The Labute approximate surface area is 252 Å². The number of benzene rings is 3. The minimum Gasteiger partial charge on any atom is -0.340 e. The zero-order valence-electron chi connectivity index (χ0n) is 23.6. The summed E-state index contributed by atoms with van der Waals surface area (Å²) in [7, 11) is 0. The topological polar surface area (TPSA) is 69.7 Å². The molecule has 1 aliphatic heterocycles. The second kappa shape index (κ2) is 14.5. The standard InChI is InChI=1S/C33H37Cl2N3O3/c1-3-4-6-9-24-12-14-26(15-13-24)31(39)36-30(20-25-10-7-5-8-11-25)33(41)37-18-19-38(23(2)22-37)32(40)28-17-16-27(34)21-29(28)35/h5,7-8,10-17,21,23,30H,3-4,6,9,18-20,22H2,1-2H3,(H,36,39). The van der Waals surface area contributed by atoms with E-state index in [1.54, 1.807) is 28.0 Å². The highest BCUT2D eigenvalue weighted by Crippen LogP contribution is 2.24. The summed E-state index contributed by atoms with van der Waals surface area (Å²) < 4.78 is 0. The fourth-order valence-corrected chi connectivity index (χ4v) is 5.68. The molecular weight excluding hydrogens is 557 g/mol. The van der Waals surface area contributed by atoms with Gasteiger partial charge in [0.15, 0.2) is 0 Å². The molecular formula is C33H37Cl2N3O3. The van der Waals surface area contributed by atoms with Gasteiger partial charge < -0.3 is 15.1 Å². The van der Waals surface area contributed by atoms with Gasteiger partial charge in [-0.25, -0.2) is 0 Å². The van der Waals surface area contributed by atoms with Gasteiger partial charge in [0.05, 0.1) is 10.6 Å². The normalized spacial score (nSPS) is 15.9. The minimum absolute atomic E-state index is 0.165. The van der Waals surface area contributed by atoms with Crippen LogP contribution in [-0.2, 0) is 17.6 Å². The van der Waals surface area contributed by atoms with Gasteiger partial charge in [0.2, 0.25) is 5.91 Å². The van der Waals surface area contributed by atoms with Crippen molar-refractivity contribution in [2.24, 2.45) is 0 Å². The van der Waals surface area contributed by atoms with Crippen molar-refractivity contribution in [3.05, 3.63) is 105 Å². The van der Waals surface area contributed by atoms with Crippen molar-refractivity contribution in [3.63, 3.8) is 0 Å². The summed E-state index contributed by atoms with van der Waals surface area (Å²) in [5, 5.41) is 3.76. The molecule has 3 aromatic carbocycles. The van der Waals surface area contributed by atoms with Gasteiger partial charge in [-0.2, -0.15) is 0 Å². The van der Waals surface area contributed by atoms with E-state index in [0.717, 1.165) is 24.8 Å². The van der Waals surface area contributed by atoms with Crippen LogP contribution in [0.25, 0.3) is 0 Å². The number of aryl methyl sites for hydroxylation is 1. The van der Waals surface area contributed by atoms with Crippen molar-refractivity contribution in [2.75, 3.05) is 19.6 Å². The van der Waals surface area contributed by atoms with Crippen LogP contribution in [0.5, 0.6) is 0 Å². The molecule has 0 spiro atoms. The average Bonchev–Trinajstić information content (AvgIpc) is 2.97. The molecule has 2 unspecified atom stereocenters. The van der Waals surface area contributed by atoms with Gasteiger partial charge in [-0.1, -0.05) is 85.4 Å². The lowest BCUT2D eigenvalue weighted by Crippen LogP contribution is -2.59. The van der Waals surface area contributed by atoms with Crippen molar-refractivity contribution in [1.82, 2.24) is 15.1 Å². The monoisotopic (exact) mass is 593 g/mol. The Bertz CT molecular complexity index is 1350. The molecule has 1 heterocycles. The van der Waals surface area contributed by atoms with Gasteiger partial charge >= 0.3 is 0 Å². The van der Waals surface area contributed by atoms with E-state index in [1.165, 1.54) is 12.0 Å². The summed E-state index contributed by atoms with van der Waals surface area (Å²) in [5.74, 6) is -0.640. The molecule has 41 heavy (non-hydrogen) atoms. The zero-order valence-corrected chi connectivity index (χ0v) is 25.1. The molecule has 4 rings (SSSR count). The Morgan fingerprint density at radius 1 is 0.927 bits per heavy atom. The molecule has 2 atom stereocenters. The third-order valence-corrected chi connectivity index (χ3v) is 8.08.